The second-order valence-corrected chi connectivity index (χ2v) is 6.62. The number of morpholine rings is 1. The highest BCUT2D eigenvalue weighted by atomic mass is 16.5. The van der Waals surface area contributed by atoms with E-state index in [2.05, 4.69) is 10.2 Å². The van der Waals surface area contributed by atoms with E-state index >= 15 is 0 Å². The lowest BCUT2D eigenvalue weighted by molar-refractivity contribution is -0.0220. The third kappa shape index (κ3) is 4.92. The zero-order chi connectivity index (χ0) is 16.8. The molecule has 1 saturated heterocycles. The van der Waals surface area contributed by atoms with Crippen LogP contribution in [0.2, 0.25) is 0 Å². The van der Waals surface area contributed by atoms with Crippen LogP contribution in [-0.2, 0) is 11.3 Å². The molecule has 0 bridgehead atoms. The van der Waals surface area contributed by atoms with Crippen LogP contribution in [0, 0.1) is 0 Å². The molecule has 5 heteroatoms. The van der Waals surface area contributed by atoms with Crippen LogP contribution < -0.4 is 5.32 Å². The summed E-state index contributed by atoms with van der Waals surface area (Å²) in [5.41, 5.74) is 0.301. The first-order chi connectivity index (χ1) is 11.6. The molecule has 130 valence electrons. The normalized spacial score (nSPS) is 18.4. The molecule has 24 heavy (non-hydrogen) atoms. The van der Waals surface area contributed by atoms with Gasteiger partial charge in [0.25, 0.3) is 0 Å². The smallest absolute Gasteiger partial charge is 0.134 e. The second kappa shape index (κ2) is 7.94. The van der Waals surface area contributed by atoms with Gasteiger partial charge in [0.05, 0.1) is 25.4 Å². The van der Waals surface area contributed by atoms with Crippen LogP contribution in [0.1, 0.15) is 12.7 Å². The minimum Gasteiger partial charge on any atom is -0.460 e. The highest BCUT2D eigenvalue weighted by Crippen LogP contribution is 2.21. The largest absolute Gasteiger partial charge is 0.460 e. The van der Waals surface area contributed by atoms with E-state index in [9.17, 15) is 5.11 Å². The van der Waals surface area contributed by atoms with Gasteiger partial charge in [-0.1, -0.05) is 30.3 Å². The van der Waals surface area contributed by atoms with Gasteiger partial charge in [-0.3, -0.25) is 4.90 Å². The zero-order valence-corrected chi connectivity index (χ0v) is 14.2. The molecule has 0 saturated carbocycles. The number of rotatable bonds is 7. The molecule has 2 aromatic rings. The Morgan fingerprint density at radius 2 is 1.88 bits per heavy atom. The number of hydrogen-bond donors (Lipinski definition) is 2. The van der Waals surface area contributed by atoms with Gasteiger partial charge in [0.2, 0.25) is 0 Å². The minimum absolute atomic E-state index is 0.520. The molecule has 1 aliphatic rings. The van der Waals surface area contributed by atoms with Crippen molar-refractivity contribution in [2.75, 3.05) is 39.4 Å². The average Bonchev–Trinajstić information content (AvgIpc) is 3.05. The maximum atomic E-state index is 10.6. The van der Waals surface area contributed by atoms with Crippen molar-refractivity contribution in [3.8, 4) is 11.3 Å². The Morgan fingerprint density at radius 3 is 2.62 bits per heavy atom. The highest BCUT2D eigenvalue weighted by Gasteiger charge is 2.24. The number of hydrogen-bond acceptors (Lipinski definition) is 5. The van der Waals surface area contributed by atoms with Gasteiger partial charge < -0.3 is 19.6 Å². The molecule has 1 aromatic carbocycles. The second-order valence-electron chi connectivity index (χ2n) is 6.62. The van der Waals surface area contributed by atoms with Gasteiger partial charge in [-0.25, -0.2) is 0 Å². The number of nitrogens with zero attached hydrogens (tertiary/aromatic N) is 1. The molecule has 1 fully saturated rings. The van der Waals surface area contributed by atoms with Crippen LogP contribution in [-0.4, -0.2) is 55.0 Å². The number of β-amino-alcohol motifs (C(OH)–C–C–N with tert-alkyl or cyclic N) is 1. The first-order valence-electron chi connectivity index (χ1n) is 8.50. The van der Waals surface area contributed by atoms with Crippen molar-refractivity contribution in [3.05, 3.63) is 48.2 Å². The third-order valence-electron chi connectivity index (χ3n) is 4.19. The predicted molar refractivity (Wildman–Crippen MR) is 93.7 cm³/mol. The van der Waals surface area contributed by atoms with Crippen LogP contribution >= 0.6 is 0 Å². The van der Waals surface area contributed by atoms with Crippen LogP contribution in [0.4, 0.5) is 0 Å². The molecule has 1 unspecified atom stereocenters. The molecule has 5 nitrogen and oxygen atoms in total. The molecule has 0 amide bonds. The summed E-state index contributed by atoms with van der Waals surface area (Å²) in [4.78, 5) is 2.24. The van der Waals surface area contributed by atoms with E-state index in [-0.39, 0.29) is 0 Å². The van der Waals surface area contributed by atoms with Crippen molar-refractivity contribution < 1.29 is 14.3 Å². The Balaban J connectivity index is 1.46. The molecule has 1 aliphatic heterocycles. The van der Waals surface area contributed by atoms with E-state index in [1.165, 1.54) is 0 Å². The van der Waals surface area contributed by atoms with Crippen molar-refractivity contribution in [1.82, 2.24) is 10.2 Å². The molecule has 0 spiro atoms. The van der Waals surface area contributed by atoms with Crippen LogP contribution in [0.5, 0.6) is 0 Å². The summed E-state index contributed by atoms with van der Waals surface area (Å²) in [5, 5.41) is 13.8. The molecular formula is C19H26N2O3. The van der Waals surface area contributed by atoms with Crippen LogP contribution in [0.25, 0.3) is 11.3 Å². The SMILES string of the molecule is CC(O)(CNCc1ccc(-c2ccccc2)o1)CN1CCOCC1. The first-order valence-corrected chi connectivity index (χ1v) is 8.50. The molecular weight excluding hydrogens is 304 g/mol. The van der Waals surface area contributed by atoms with Gasteiger partial charge in [-0.05, 0) is 19.1 Å². The monoisotopic (exact) mass is 330 g/mol. The van der Waals surface area contributed by atoms with Crippen molar-refractivity contribution in [2.45, 2.75) is 19.1 Å². The van der Waals surface area contributed by atoms with Crippen LogP contribution in [0.3, 0.4) is 0 Å². The van der Waals surface area contributed by atoms with E-state index in [0.717, 1.165) is 43.4 Å². The Labute approximate surface area is 143 Å². The molecule has 2 heterocycles. The fraction of sp³-hybridized carbons (Fsp3) is 0.474. The highest BCUT2D eigenvalue weighted by molar-refractivity contribution is 5.57. The average molecular weight is 330 g/mol. The fourth-order valence-corrected chi connectivity index (χ4v) is 2.98. The van der Waals surface area contributed by atoms with E-state index in [1.54, 1.807) is 0 Å². The summed E-state index contributed by atoms with van der Waals surface area (Å²) in [5.74, 6) is 1.74. The lowest BCUT2D eigenvalue weighted by Crippen LogP contribution is -2.50. The molecule has 0 radical (unpaired) electrons. The number of furan rings is 1. The van der Waals surface area contributed by atoms with Crippen LogP contribution in [0.15, 0.2) is 46.9 Å². The number of nitrogens with one attached hydrogen (secondary N) is 1. The van der Waals surface area contributed by atoms with Gasteiger partial charge >= 0.3 is 0 Å². The summed E-state index contributed by atoms with van der Waals surface area (Å²) < 4.78 is 11.2. The summed E-state index contributed by atoms with van der Waals surface area (Å²) in [6.07, 6.45) is 0. The standard InChI is InChI=1S/C19H26N2O3/c1-19(22,15-21-9-11-23-12-10-21)14-20-13-17-7-8-18(24-17)16-5-3-2-4-6-16/h2-8,20,22H,9-15H2,1H3. The number of aliphatic hydroxyl groups is 1. The predicted octanol–water partition coefficient (Wildman–Crippen LogP) is 2.12. The summed E-state index contributed by atoms with van der Waals surface area (Å²) in [7, 11) is 0. The minimum atomic E-state index is -0.772. The number of benzene rings is 1. The summed E-state index contributed by atoms with van der Waals surface area (Å²) in [6.45, 7) is 6.90. The van der Waals surface area contributed by atoms with E-state index < -0.39 is 5.60 Å². The Morgan fingerprint density at radius 1 is 1.12 bits per heavy atom. The van der Waals surface area contributed by atoms with Gasteiger partial charge in [0.1, 0.15) is 11.5 Å². The molecule has 1 atom stereocenters. The zero-order valence-electron chi connectivity index (χ0n) is 14.2. The van der Waals surface area contributed by atoms with Crippen molar-refractivity contribution in [1.29, 1.82) is 0 Å². The quantitative estimate of drug-likeness (QED) is 0.814. The maximum Gasteiger partial charge on any atom is 0.134 e. The molecule has 2 N–H and O–H groups in total. The van der Waals surface area contributed by atoms with E-state index in [0.29, 0.717) is 19.6 Å². The fourth-order valence-electron chi connectivity index (χ4n) is 2.98. The first kappa shape index (κ1) is 17.2. The topological polar surface area (TPSA) is 57.9 Å². The van der Waals surface area contributed by atoms with Gasteiger partial charge in [0.15, 0.2) is 0 Å². The third-order valence-corrected chi connectivity index (χ3v) is 4.19. The number of ether oxygens (including phenoxy) is 1. The Hall–Kier alpha value is -1.66. The summed E-state index contributed by atoms with van der Waals surface area (Å²) >= 11 is 0. The molecule has 0 aliphatic carbocycles. The van der Waals surface area contributed by atoms with Crippen molar-refractivity contribution in [3.63, 3.8) is 0 Å². The Kier molecular flexibility index (Phi) is 5.68. The molecule has 1 aromatic heterocycles. The van der Waals surface area contributed by atoms with Gasteiger partial charge in [0, 0.05) is 31.7 Å². The molecule has 3 rings (SSSR count). The lowest BCUT2D eigenvalue weighted by atomic mass is 10.1. The van der Waals surface area contributed by atoms with Crippen molar-refractivity contribution >= 4 is 0 Å². The van der Waals surface area contributed by atoms with Crippen molar-refractivity contribution in [2.24, 2.45) is 0 Å². The van der Waals surface area contributed by atoms with Gasteiger partial charge in [-0.2, -0.15) is 0 Å². The van der Waals surface area contributed by atoms with E-state index in [4.69, 9.17) is 9.15 Å². The van der Waals surface area contributed by atoms with Gasteiger partial charge in [-0.15, -0.1) is 0 Å². The maximum absolute atomic E-state index is 10.6. The Bertz CT molecular complexity index is 619. The van der Waals surface area contributed by atoms with E-state index in [1.807, 2.05) is 49.4 Å². The summed E-state index contributed by atoms with van der Waals surface area (Å²) in [6, 6.07) is 14.0. The lowest BCUT2D eigenvalue weighted by Gasteiger charge is -2.33.